The van der Waals surface area contributed by atoms with Crippen LogP contribution in [-0.4, -0.2) is 17.0 Å². The number of rotatable bonds is 4. The lowest BCUT2D eigenvalue weighted by Gasteiger charge is -2.10. The average molecular weight is 276 g/mol. The summed E-state index contributed by atoms with van der Waals surface area (Å²) in [7, 11) is 1.82. The number of anilines is 3. The maximum absolute atomic E-state index is 4.50. The van der Waals surface area contributed by atoms with E-state index in [4.69, 9.17) is 0 Å². The molecule has 0 saturated carbocycles. The van der Waals surface area contributed by atoms with Crippen molar-refractivity contribution in [2.24, 2.45) is 0 Å². The van der Waals surface area contributed by atoms with Gasteiger partial charge in [-0.25, -0.2) is 4.98 Å². The molecular weight excluding hydrogens is 260 g/mol. The minimum Gasteiger partial charge on any atom is -0.357 e. The van der Waals surface area contributed by atoms with Gasteiger partial charge in [0, 0.05) is 24.4 Å². The van der Waals surface area contributed by atoms with Gasteiger partial charge in [-0.3, -0.25) is 0 Å². The van der Waals surface area contributed by atoms with E-state index >= 15 is 0 Å². The molecule has 3 aromatic rings. The van der Waals surface area contributed by atoms with Crippen LogP contribution in [-0.2, 0) is 0 Å². The number of nitrogens with zero attached hydrogens (tertiary/aromatic N) is 2. The molecule has 0 fully saturated rings. The summed E-state index contributed by atoms with van der Waals surface area (Å²) in [4.78, 5) is 8.94. The summed E-state index contributed by atoms with van der Waals surface area (Å²) >= 11 is 0. The Morgan fingerprint density at radius 3 is 2.14 bits per heavy atom. The number of hydrogen-bond donors (Lipinski definition) is 2. The quantitative estimate of drug-likeness (QED) is 0.758. The molecule has 0 aliphatic heterocycles. The largest absolute Gasteiger partial charge is 0.357 e. The third-order valence-corrected chi connectivity index (χ3v) is 3.07. The van der Waals surface area contributed by atoms with E-state index in [0.29, 0.717) is 5.95 Å². The van der Waals surface area contributed by atoms with Crippen LogP contribution < -0.4 is 10.6 Å². The van der Waals surface area contributed by atoms with Crippen LogP contribution in [0.1, 0.15) is 0 Å². The number of hydrogen-bond acceptors (Lipinski definition) is 4. The zero-order valence-electron chi connectivity index (χ0n) is 11.7. The molecule has 1 heterocycles. The lowest BCUT2D eigenvalue weighted by atomic mass is 10.1. The standard InChI is InChI=1S/C17H16N4/c1-18-17-20-15(13-8-4-2-5-9-13)12-16(21-17)19-14-10-6-3-7-11-14/h2-12H,1H3,(H2,18,19,20,21). The number of nitrogens with one attached hydrogen (secondary N) is 2. The monoisotopic (exact) mass is 276 g/mol. The highest BCUT2D eigenvalue weighted by atomic mass is 15.1. The van der Waals surface area contributed by atoms with Crippen LogP contribution >= 0.6 is 0 Å². The molecule has 2 aromatic carbocycles. The van der Waals surface area contributed by atoms with Gasteiger partial charge in [0.25, 0.3) is 0 Å². The second-order valence-corrected chi connectivity index (χ2v) is 4.57. The fraction of sp³-hybridized carbons (Fsp3) is 0.0588. The van der Waals surface area contributed by atoms with E-state index in [-0.39, 0.29) is 0 Å². The van der Waals surface area contributed by atoms with Crippen molar-refractivity contribution in [3.63, 3.8) is 0 Å². The molecule has 1 aromatic heterocycles. The van der Waals surface area contributed by atoms with Crippen molar-refractivity contribution < 1.29 is 0 Å². The van der Waals surface area contributed by atoms with Gasteiger partial charge in [0.15, 0.2) is 0 Å². The zero-order chi connectivity index (χ0) is 14.5. The van der Waals surface area contributed by atoms with Crippen LogP contribution in [0.5, 0.6) is 0 Å². The molecule has 0 spiro atoms. The van der Waals surface area contributed by atoms with Gasteiger partial charge in [-0.2, -0.15) is 4.98 Å². The molecule has 2 N–H and O–H groups in total. The Bertz CT molecular complexity index is 711. The lowest BCUT2D eigenvalue weighted by molar-refractivity contribution is 1.15. The molecule has 21 heavy (non-hydrogen) atoms. The molecule has 3 rings (SSSR count). The molecular formula is C17H16N4. The molecule has 0 unspecified atom stereocenters. The third kappa shape index (κ3) is 3.17. The zero-order valence-corrected chi connectivity index (χ0v) is 11.7. The minimum absolute atomic E-state index is 0.592. The first-order chi connectivity index (χ1) is 10.3. The second-order valence-electron chi connectivity index (χ2n) is 4.57. The van der Waals surface area contributed by atoms with Crippen molar-refractivity contribution in [1.82, 2.24) is 9.97 Å². The molecule has 0 bridgehead atoms. The summed E-state index contributed by atoms with van der Waals surface area (Å²) in [5.41, 5.74) is 2.94. The van der Waals surface area contributed by atoms with Crippen molar-refractivity contribution in [3.8, 4) is 11.3 Å². The highest BCUT2D eigenvalue weighted by molar-refractivity contribution is 5.67. The van der Waals surface area contributed by atoms with Crippen molar-refractivity contribution in [2.75, 3.05) is 17.7 Å². The summed E-state index contributed by atoms with van der Waals surface area (Å²) in [5.74, 6) is 1.36. The van der Waals surface area contributed by atoms with Gasteiger partial charge in [-0.15, -0.1) is 0 Å². The fourth-order valence-electron chi connectivity index (χ4n) is 2.05. The van der Waals surface area contributed by atoms with E-state index in [0.717, 1.165) is 22.8 Å². The van der Waals surface area contributed by atoms with Gasteiger partial charge in [-0.1, -0.05) is 48.5 Å². The van der Waals surface area contributed by atoms with Gasteiger partial charge in [0.05, 0.1) is 5.69 Å². The summed E-state index contributed by atoms with van der Waals surface area (Å²) in [6.07, 6.45) is 0. The van der Waals surface area contributed by atoms with Crippen LogP contribution in [0.15, 0.2) is 66.7 Å². The Morgan fingerprint density at radius 2 is 1.48 bits per heavy atom. The summed E-state index contributed by atoms with van der Waals surface area (Å²) < 4.78 is 0. The highest BCUT2D eigenvalue weighted by Gasteiger charge is 2.06. The minimum atomic E-state index is 0.592. The molecule has 0 amide bonds. The summed E-state index contributed by atoms with van der Waals surface area (Å²) in [6.45, 7) is 0. The first kappa shape index (κ1) is 13.1. The number of benzene rings is 2. The second kappa shape index (κ2) is 6.05. The first-order valence-corrected chi connectivity index (χ1v) is 6.79. The van der Waals surface area contributed by atoms with E-state index < -0.39 is 0 Å². The highest BCUT2D eigenvalue weighted by Crippen LogP contribution is 2.23. The number of para-hydroxylation sites is 1. The topological polar surface area (TPSA) is 49.8 Å². The lowest BCUT2D eigenvalue weighted by Crippen LogP contribution is -2.02. The van der Waals surface area contributed by atoms with E-state index in [1.807, 2.05) is 73.8 Å². The SMILES string of the molecule is CNc1nc(Nc2ccccc2)cc(-c2ccccc2)n1. The van der Waals surface area contributed by atoms with E-state index in [1.54, 1.807) is 0 Å². The van der Waals surface area contributed by atoms with Gasteiger partial charge < -0.3 is 10.6 Å². The van der Waals surface area contributed by atoms with E-state index in [9.17, 15) is 0 Å². The van der Waals surface area contributed by atoms with Gasteiger partial charge >= 0.3 is 0 Å². The van der Waals surface area contributed by atoms with E-state index in [1.165, 1.54) is 0 Å². The molecule has 0 radical (unpaired) electrons. The van der Waals surface area contributed by atoms with Crippen molar-refractivity contribution >= 4 is 17.5 Å². The van der Waals surface area contributed by atoms with Crippen LogP contribution in [0.4, 0.5) is 17.5 Å². The number of aromatic nitrogens is 2. The van der Waals surface area contributed by atoms with E-state index in [2.05, 4.69) is 20.6 Å². The Kier molecular flexibility index (Phi) is 3.78. The first-order valence-electron chi connectivity index (χ1n) is 6.79. The van der Waals surface area contributed by atoms with Crippen molar-refractivity contribution in [3.05, 3.63) is 66.7 Å². The molecule has 0 aliphatic rings. The molecule has 4 heteroatoms. The third-order valence-electron chi connectivity index (χ3n) is 3.07. The Labute approximate surface area is 123 Å². The molecule has 0 saturated heterocycles. The van der Waals surface area contributed by atoms with Gasteiger partial charge in [0.1, 0.15) is 5.82 Å². The predicted octanol–water partition coefficient (Wildman–Crippen LogP) is 3.93. The molecule has 0 atom stereocenters. The smallest absolute Gasteiger partial charge is 0.224 e. The summed E-state index contributed by atoms with van der Waals surface area (Å²) in [5, 5.41) is 6.30. The Balaban J connectivity index is 1.98. The van der Waals surface area contributed by atoms with Crippen LogP contribution in [0.2, 0.25) is 0 Å². The molecule has 104 valence electrons. The predicted molar refractivity (Wildman–Crippen MR) is 86.7 cm³/mol. The van der Waals surface area contributed by atoms with Crippen LogP contribution in [0.25, 0.3) is 11.3 Å². The molecule has 4 nitrogen and oxygen atoms in total. The fourth-order valence-corrected chi connectivity index (χ4v) is 2.05. The summed E-state index contributed by atoms with van der Waals surface area (Å²) in [6, 6.07) is 22.0. The van der Waals surface area contributed by atoms with Gasteiger partial charge in [-0.05, 0) is 12.1 Å². The van der Waals surface area contributed by atoms with Crippen molar-refractivity contribution in [1.29, 1.82) is 0 Å². The van der Waals surface area contributed by atoms with Crippen LogP contribution in [0, 0.1) is 0 Å². The van der Waals surface area contributed by atoms with Crippen LogP contribution in [0.3, 0.4) is 0 Å². The Morgan fingerprint density at radius 1 is 0.810 bits per heavy atom. The van der Waals surface area contributed by atoms with Crippen molar-refractivity contribution in [2.45, 2.75) is 0 Å². The van der Waals surface area contributed by atoms with Gasteiger partial charge in [0.2, 0.25) is 5.95 Å². The maximum Gasteiger partial charge on any atom is 0.224 e. The average Bonchev–Trinajstić information content (AvgIpc) is 2.56. The maximum atomic E-state index is 4.50. The Hall–Kier alpha value is -2.88. The molecule has 0 aliphatic carbocycles. The normalized spacial score (nSPS) is 10.1.